The van der Waals surface area contributed by atoms with Gasteiger partial charge >= 0.3 is 11.6 Å². The lowest BCUT2D eigenvalue weighted by Gasteiger charge is -2.21. The first-order chi connectivity index (χ1) is 9.97. The zero-order chi connectivity index (χ0) is 15.6. The largest absolute Gasteiger partial charge is 0.480 e. The summed E-state index contributed by atoms with van der Waals surface area (Å²) in [6, 6.07) is 5.23. The van der Waals surface area contributed by atoms with Crippen LogP contribution in [0, 0.1) is 0 Å². The van der Waals surface area contributed by atoms with E-state index in [-0.39, 0.29) is 5.56 Å². The third-order valence-corrected chi connectivity index (χ3v) is 3.49. The van der Waals surface area contributed by atoms with Gasteiger partial charge in [0.2, 0.25) is 0 Å². The van der Waals surface area contributed by atoms with Crippen LogP contribution in [-0.4, -0.2) is 24.2 Å². The molecule has 0 fully saturated rings. The van der Waals surface area contributed by atoms with E-state index in [9.17, 15) is 9.59 Å². The van der Waals surface area contributed by atoms with Crippen molar-refractivity contribution in [2.24, 2.45) is 5.73 Å². The van der Waals surface area contributed by atoms with E-state index in [0.717, 1.165) is 24.8 Å². The van der Waals surface area contributed by atoms with Crippen LogP contribution in [0.5, 0.6) is 0 Å². The highest BCUT2D eigenvalue weighted by Gasteiger charge is 2.19. The van der Waals surface area contributed by atoms with Crippen LogP contribution in [0.3, 0.4) is 0 Å². The molecule has 1 unspecified atom stereocenters. The average molecular weight is 290 g/mol. The highest BCUT2D eigenvalue weighted by Crippen LogP contribution is 2.26. The lowest BCUT2D eigenvalue weighted by molar-refractivity contribution is -0.138. The van der Waals surface area contributed by atoms with Crippen LogP contribution >= 0.6 is 0 Å². The summed E-state index contributed by atoms with van der Waals surface area (Å²) in [6.45, 7) is 5.70. The molecule has 0 aliphatic carbocycles. The van der Waals surface area contributed by atoms with Gasteiger partial charge < -0.3 is 20.2 Å². The van der Waals surface area contributed by atoms with Gasteiger partial charge in [-0.1, -0.05) is 0 Å². The fraction of sp³-hybridized carbons (Fsp3) is 0.333. The smallest absolute Gasteiger partial charge is 0.336 e. The molecule has 1 heterocycles. The molecule has 21 heavy (non-hydrogen) atoms. The number of fused-ring (bicyclic) bond motifs is 1. The number of aliphatic carboxylic acids is 1. The van der Waals surface area contributed by atoms with Crippen LogP contribution in [0.15, 0.2) is 33.5 Å². The molecule has 112 valence electrons. The van der Waals surface area contributed by atoms with Gasteiger partial charge in [-0.2, -0.15) is 0 Å². The molecule has 0 radical (unpaired) electrons. The van der Waals surface area contributed by atoms with Gasteiger partial charge in [0.1, 0.15) is 11.6 Å². The van der Waals surface area contributed by atoms with Gasteiger partial charge in [0.05, 0.1) is 0 Å². The first-order valence-corrected chi connectivity index (χ1v) is 6.79. The SMILES string of the molecule is CCN(CC)c1ccc2c(C(N)C(=O)O)cc(=O)oc2c1. The average Bonchev–Trinajstić information content (AvgIpc) is 2.46. The van der Waals surface area contributed by atoms with Crippen LogP contribution in [0.2, 0.25) is 0 Å². The van der Waals surface area contributed by atoms with E-state index in [1.54, 1.807) is 12.1 Å². The van der Waals surface area contributed by atoms with E-state index in [1.807, 2.05) is 19.9 Å². The second-order valence-corrected chi connectivity index (χ2v) is 4.69. The number of hydrogen-bond acceptors (Lipinski definition) is 5. The zero-order valence-electron chi connectivity index (χ0n) is 12.0. The van der Waals surface area contributed by atoms with E-state index in [0.29, 0.717) is 11.0 Å². The minimum atomic E-state index is -1.25. The summed E-state index contributed by atoms with van der Waals surface area (Å²) in [5, 5.41) is 9.58. The molecule has 0 spiro atoms. The van der Waals surface area contributed by atoms with Gasteiger partial charge in [0.25, 0.3) is 0 Å². The number of nitrogens with two attached hydrogens (primary N) is 1. The van der Waals surface area contributed by atoms with Crippen LogP contribution in [0.25, 0.3) is 11.0 Å². The van der Waals surface area contributed by atoms with Crippen molar-refractivity contribution in [3.63, 3.8) is 0 Å². The zero-order valence-corrected chi connectivity index (χ0v) is 12.0. The number of hydrogen-bond donors (Lipinski definition) is 2. The Bertz CT molecular complexity index is 719. The van der Waals surface area contributed by atoms with Crippen molar-refractivity contribution in [3.8, 4) is 0 Å². The van der Waals surface area contributed by atoms with Crippen molar-refractivity contribution in [3.05, 3.63) is 40.2 Å². The molecule has 1 aromatic carbocycles. The summed E-state index contributed by atoms with van der Waals surface area (Å²) in [6.07, 6.45) is 0. The third kappa shape index (κ3) is 2.90. The lowest BCUT2D eigenvalue weighted by Crippen LogP contribution is -2.23. The number of anilines is 1. The Morgan fingerprint density at radius 2 is 2.00 bits per heavy atom. The van der Waals surface area contributed by atoms with Crippen LogP contribution in [-0.2, 0) is 4.79 Å². The third-order valence-electron chi connectivity index (χ3n) is 3.49. The second-order valence-electron chi connectivity index (χ2n) is 4.69. The van der Waals surface area contributed by atoms with E-state index in [4.69, 9.17) is 15.3 Å². The van der Waals surface area contributed by atoms with E-state index in [1.165, 1.54) is 0 Å². The molecular formula is C15H18N2O4. The lowest BCUT2D eigenvalue weighted by atomic mass is 10.0. The Labute approximate surface area is 121 Å². The Morgan fingerprint density at radius 3 is 2.57 bits per heavy atom. The summed E-state index contributed by atoms with van der Waals surface area (Å²) in [5.41, 5.74) is 6.55. The molecule has 2 rings (SSSR count). The van der Waals surface area contributed by atoms with Gasteiger partial charge in [-0.05, 0) is 31.5 Å². The normalized spacial score (nSPS) is 12.3. The van der Waals surface area contributed by atoms with Crippen molar-refractivity contribution in [1.82, 2.24) is 0 Å². The van der Waals surface area contributed by atoms with Crippen LogP contribution < -0.4 is 16.3 Å². The Hall–Kier alpha value is -2.34. The summed E-state index contributed by atoms with van der Waals surface area (Å²) >= 11 is 0. The number of carboxylic acid groups (broad SMARTS) is 1. The standard InChI is InChI=1S/C15H18N2O4/c1-3-17(4-2)9-5-6-10-11(14(16)15(19)20)8-13(18)21-12(10)7-9/h5-8,14H,3-4,16H2,1-2H3,(H,19,20). The minimum absolute atomic E-state index is 0.264. The van der Waals surface area contributed by atoms with E-state index in [2.05, 4.69) is 4.90 Å². The maximum absolute atomic E-state index is 11.6. The maximum Gasteiger partial charge on any atom is 0.336 e. The molecule has 1 aromatic heterocycles. The van der Waals surface area contributed by atoms with Gasteiger partial charge in [-0.15, -0.1) is 0 Å². The van der Waals surface area contributed by atoms with E-state index >= 15 is 0 Å². The first-order valence-electron chi connectivity index (χ1n) is 6.79. The van der Waals surface area contributed by atoms with Gasteiger partial charge in [0, 0.05) is 36.3 Å². The molecule has 3 N–H and O–H groups in total. The summed E-state index contributed by atoms with van der Waals surface area (Å²) in [4.78, 5) is 24.8. The Morgan fingerprint density at radius 1 is 1.33 bits per heavy atom. The molecule has 0 bridgehead atoms. The summed E-state index contributed by atoms with van der Waals surface area (Å²) in [7, 11) is 0. The highest BCUT2D eigenvalue weighted by atomic mass is 16.4. The molecule has 0 saturated carbocycles. The minimum Gasteiger partial charge on any atom is -0.480 e. The van der Waals surface area contributed by atoms with Gasteiger partial charge in [-0.3, -0.25) is 4.79 Å². The molecule has 0 aliphatic heterocycles. The van der Waals surface area contributed by atoms with Crippen molar-refractivity contribution < 1.29 is 14.3 Å². The number of benzene rings is 1. The second kappa shape index (κ2) is 5.97. The summed E-state index contributed by atoms with van der Waals surface area (Å²) < 4.78 is 5.18. The summed E-state index contributed by atoms with van der Waals surface area (Å²) in [5.74, 6) is -1.19. The number of carboxylic acids is 1. The van der Waals surface area contributed by atoms with Crippen molar-refractivity contribution in [2.75, 3.05) is 18.0 Å². The molecule has 1 atom stereocenters. The first kappa shape index (κ1) is 15.1. The predicted octanol–water partition coefficient (Wildman–Crippen LogP) is 1.72. The molecule has 0 aliphatic rings. The molecule has 6 nitrogen and oxygen atoms in total. The topological polar surface area (TPSA) is 96.8 Å². The number of rotatable bonds is 5. The van der Waals surface area contributed by atoms with Gasteiger partial charge in [0.15, 0.2) is 0 Å². The monoisotopic (exact) mass is 290 g/mol. The van der Waals surface area contributed by atoms with Crippen LogP contribution in [0.4, 0.5) is 5.69 Å². The number of carbonyl (C=O) groups is 1. The molecule has 6 heteroatoms. The maximum atomic E-state index is 11.6. The van der Waals surface area contributed by atoms with Crippen molar-refractivity contribution in [2.45, 2.75) is 19.9 Å². The number of nitrogens with zero attached hydrogens (tertiary/aromatic N) is 1. The molecule has 0 amide bonds. The molecule has 0 saturated heterocycles. The molecule has 2 aromatic rings. The Balaban J connectivity index is 2.64. The van der Waals surface area contributed by atoms with Crippen molar-refractivity contribution >= 4 is 22.6 Å². The van der Waals surface area contributed by atoms with Crippen molar-refractivity contribution in [1.29, 1.82) is 0 Å². The van der Waals surface area contributed by atoms with Gasteiger partial charge in [-0.25, -0.2) is 4.79 Å². The highest BCUT2D eigenvalue weighted by molar-refractivity contribution is 5.88. The fourth-order valence-corrected chi connectivity index (χ4v) is 2.35. The molecular weight excluding hydrogens is 272 g/mol. The van der Waals surface area contributed by atoms with Crippen LogP contribution in [0.1, 0.15) is 25.5 Å². The van der Waals surface area contributed by atoms with E-state index < -0.39 is 17.6 Å². The fourth-order valence-electron chi connectivity index (χ4n) is 2.35. The Kier molecular flexibility index (Phi) is 4.28. The quantitative estimate of drug-likeness (QED) is 0.814. The predicted molar refractivity (Wildman–Crippen MR) is 80.6 cm³/mol.